The molecule has 0 unspecified atom stereocenters. The van der Waals surface area contributed by atoms with Gasteiger partial charge in [-0.3, -0.25) is 0 Å². The second kappa shape index (κ2) is 6.96. The maximum Gasteiger partial charge on any atom is -0.00702 e. The summed E-state index contributed by atoms with van der Waals surface area (Å²) < 4.78 is 0. The van der Waals surface area contributed by atoms with Crippen LogP contribution in [0.4, 0.5) is 0 Å². The van der Waals surface area contributed by atoms with Crippen LogP contribution in [0.15, 0.2) is 36.4 Å². The molecule has 4 rings (SSSR count). The Morgan fingerprint density at radius 2 is 0.955 bits per heavy atom. The van der Waals surface area contributed by atoms with Crippen molar-refractivity contribution < 1.29 is 0 Å². The first-order chi connectivity index (χ1) is 10.7. The lowest BCUT2D eigenvalue weighted by molar-refractivity contribution is 0.964. The largest absolute Gasteiger partial charge is 0.0683 e. The summed E-state index contributed by atoms with van der Waals surface area (Å²) >= 11 is 0. The van der Waals surface area contributed by atoms with E-state index in [9.17, 15) is 0 Å². The second-order valence-electron chi connectivity index (χ2n) is 5.61. The van der Waals surface area contributed by atoms with E-state index < -0.39 is 0 Å². The second-order valence-corrected chi connectivity index (χ2v) is 5.61. The zero-order valence-corrected chi connectivity index (χ0v) is 14.9. The number of aryl methyl sites for hydroxylation is 4. The fraction of sp³-hybridized carbons (Fsp3) is 0.364. The standard InChI is InChI=1S/C18H16.2C2H6/c1-11-7-13-3-5-15-9-12(2)10-16-6-4-14(8-11)17(13)18(15)16;2*1-2/h3,5,7-10H,4,6H2,1-2H3;2*1-2H3. The highest BCUT2D eigenvalue weighted by molar-refractivity contribution is 6.12. The minimum atomic E-state index is 1.19. The van der Waals surface area contributed by atoms with Crippen molar-refractivity contribution in [1.82, 2.24) is 0 Å². The SMILES string of the molecule is CC.CC.Cc1cc2c3c(ccc4cc(C)cc(c43)CC2)c1. The summed E-state index contributed by atoms with van der Waals surface area (Å²) in [7, 11) is 0. The first kappa shape index (κ1) is 16.5. The van der Waals surface area contributed by atoms with Crippen molar-refractivity contribution in [3.63, 3.8) is 0 Å². The van der Waals surface area contributed by atoms with E-state index in [4.69, 9.17) is 0 Å². The normalized spacial score (nSPS) is 11.7. The lowest BCUT2D eigenvalue weighted by Gasteiger charge is -2.20. The Balaban J connectivity index is 0.000000410. The van der Waals surface area contributed by atoms with Crippen LogP contribution in [0.2, 0.25) is 0 Å². The molecule has 0 bridgehead atoms. The topological polar surface area (TPSA) is 0 Å². The van der Waals surface area contributed by atoms with E-state index in [1.807, 2.05) is 27.7 Å². The molecule has 0 N–H and O–H groups in total. The van der Waals surface area contributed by atoms with Crippen LogP contribution in [0.5, 0.6) is 0 Å². The summed E-state index contributed by atoms with van der Waals surface area (Å²) in [5.74, 6) is 0. The number of rotatable bonds is 0. The van der Waals surface area contributed by atoms with Crippen molar-refractivity contribution in [2.45, 2.75) is 54.4 Å². The minimum absolute atomic E-state index is 1.19. The van der Waals surface area contributed by atoms with E-state index in [1.165, 1.54) is 56.6 Å². The lowest BCUT2D eigenvalue weighted by atomic mass is 9.84. The van der Waals surface area contributed by atoms with Gasteiger partial charge in [-0.15, -0.1) is 0 Å². The molecular formula is C22H28. The Kier molecular flexibility index (Phi) is 5.24. The zero-order valence-electron chi connectivity index (χ0n) is 14.9. The van der Waals surface area contributed by atoms with Crippen molar-refractivity contribution in [3.05, 3.63) is 58.7 Å². The number of hydrogen-bond donors (Lipinski definition) is 0. The molecular weight excluding hydrogens is 264 g/mol. The van der Waals surface area contributed by atoms with E-state index in [0.717, 1.165) is 0 Å². The van der Waals surface area contributed by atoms with Crippen LogP contribution in [0, 0.1) is 13.8 Å². The van der Waals surface area contributed by atoms with Crippen molar-refractivity contribution >= 4 is 21.5 Å². The highest BCUT2D eigenvalue weighted by atomic mass is 14.2. The average molecular weight is 292 g/mol. The first-order valence-electron chi connectivity index (χ1n) is 8.68. The van der Waals surface area contributed by atoms with Gasteiger partial charge in [-0.1, -0.05) is 75.2 Å². The van der Waals surface area contributed by atoms with Gasteiger partial charge in [-0.25, -0.2) is 0 Å². The van der Waals surface area contributed by atoms with Crippen LogP contribution in [-0.2, 0) is 12.8 Å². The Hall–Kier alpha value is -1.82. The molecule has 0 amide bonds. The molecule has 0 saturated carbocycles. The zero-order chi connectivity index (χ0) is 16.3. The van der Waals surface area contributed by atoms with Crippen LogP contribution in [-0.4, -0.2) is 0 Å². The molecule has 1 aliphatic carbocycles. The van der Waals surface area contributed by atoms with Crippen LogP contribution >= 0.6 is 0 Å². The maximum absolute atomic E-state index is 2.37. The van der Waals surface area contributed by atoms with Gasteiger partial charge in [0.2, 0.25) is 0 Å². The van der Waals surface area contributed by atoms with E-state index in [-0.39, 0.29) is 0 Å². The molecule has 0 fully saturated rings. The molecule has 0 heteroatoms. The fourth-order valence-electron chi connectivity index (χ4n) is 3.50. The monoisotopic (exact) mass is 292 g/mol. The van der Waals surface area contributed by atoms with Crippen LogP contribution in [0.1, 0.15) is 49.9 Å². The molecule has 0 atom stereocenters. The van der Waals surface area contributed by atoms with Gasteiger partial charge in [0.1, 0.15) is 0 Å². The molecule has 0 radical (unpaired) electrons. The van der Waals surface area contributed by atoms with Gasteiger partial charge >= 0.3 is 0 Å². The van der Waals surface area contributed by atoms with Crippen LogP contribution < -0.4 is 0 Å². The summed E-state index contributed by atoms with van der Waals surface area (Å²) in [6, 6.07) is 13.9. The maximum atomic E-state index is 2.37. The predicted molar refractivity (Wildman–Crippen MR) is 101 cm³/mol. The van der Waals surface area contributed by atoms with Crippen molar-refractivity contribution in [3.8, 4) is 0 Å². The summed E-state index contributed by atoms with van der Waals surface area (Å²) in [6.45, 7) is 12.4. The third-order valence-corrected chi connectivity index (χ3v) is 4.15. The van der Waals surface area contributed by atoms with Gasteiger partial charge in [0, 0.05) is 0 Å². The van der Waals surface area contributed by atoms with Crippen molar-refractivity contribution in [1.29, 1.82) is 0 Å². The average Bonchev–Trinajstić information content (AvgIpc) is 2.55. The molecule has 0 heterocycles. The third-order valence-electron chi connectivity index (χ3n) is 4.15. The molecule has 3 aromatic rings. The summed E-state index contributed by atoms with van der Waals surface area (Å²) in [4.78, 5) is 0. The molecule has 22 heavy (non-hydrogen) atoms. The fourth-order valence-corrected chi connectivity index (χ4v) is 3.50. The summed E-state index contributed by atoms with van der Waals surface area (Å²) in [5.41, 5.74) is 5.83. The van der Waals surface area contributed by atoms with E-state index in [2.05, 4.69) is 50.2 Å². The van der Waals surface area contributed by atoms with Gasteiger partial charge < -0.3 is 0 Å². The van der Waals surface area contributed by atoms with Gasteiger partial charge in [0.25, 0.3) is 0 Å². The van der Waals surface area contributed by atoms with Gasteiger partial charge in [0.15, 0.2) is 0 Å². The molecule has 0 nitrogen and oxygen atoms in total. The highest BCUT2D eigenvalue weighted by Gasteiger charge is 2.15. The number of hydrogen-bond acceptors (Lipinski definition) is 0. The van der Waals surface area contributed by atoms with E-state index in [1.54, 1.807) is 0 Å². The minimum Gasteiger partial charge on any atom is -0.0683 e. The molecule has 0 aromatic heterocycles. The van der Waals surface area contributed by atoms with E-state index >= 15 is 0 Å². The Labute approximate surface area is 135 Å². The molecule has 1 aliphatic rings. The van der Waals surface area contributed by atoms with E-state index in [0.29, 0.717) is 0 Å². The van der Waals surface area contributed by atoms with Gasteiger partial charge in [-0.2, -0.15) is 0 Å². The van der Waals surface area contributed by atoms with Crippen molar-refractivity contribution in [2.75, 3.05) is 0 Å². The first-order valence-corrected chi connectivity index (χ1v) is 8.68. The molecule has 116 valence electrons. The molecule has 0 saturated heterocycles. The molecule has 0 spiro atoms. The Morgan fingerprint density at radius 3 is 1.32 bits per heavy atom. The quantitative estimate of drug-likeness (QED) is 0.401. The Morgan fingerprint density at radius 1 is 0.591 bits per heavy atom. The van der Waals surface area contributed by atoms with Gasteiger partial charge in [0.05, 0.1) is 0 Å². The molecule has 3 aromatic carbocycles. The van der Waals surface area contributed by atoms with Crippen molar-refractivity contribution in [2.24, 2.45) is 0 Å². The number of benzene rings is 3. The summed E-state index contributed by atoms with van der Waals surface area (Å²) in [5, 5.41) is 5.81. The third kappa shape index (κ3) is 2.75. The summed E-state index contributed by atoms with van der Waals surface area (Å²) in [6.07, 6.45) is 2.38. The Bertz CT molecular complexity index is 725. The van der Waals surface area contributed by atoms with Crippen LogP contribution in [0.3, 0.4) is 0 Å². The lowest BCUT2D eigenvalue weighted by Crippen LogP contribution is -2.02. The molecule has 0 aliphatic heterocycles. The highest BCUT2D eigenvalue weighted by Crippen LogP contribution is 2.36. The smallest absolute Gasteiger partial charge is 0.00702 e. The van der Waals surface area contributed by atoms with Gasteiger partial charge in [-0.05, 0) is 59.4 Å². The predicted octanol–water partition coefficient (Wildman–Crippen LogP) is 6.76. The van der Waals surface area contributed by atoms with Crippen LogP contribution in [0.25, 0.3) is 21.5 Å².